The summed E-state index contributed by atoms with van der Waals surface area (Å²) in [7, 11) is 1.39. The van der Waals surface area contributed by atoms with Crippen molar-refractivity contribution >= 4 is 34.1 Å². The number of nitrogens with zero attached hydrogens (tertiary/aromatic N) is 5. The summed E-state index contributed by atoms with van der Waals surface area (Å²) in [5, 5.41) is 11.5. The van der Waals surface area contributed by atoms with E-state index in [1.807, 2.05) is 0 Å². The first-order valence-electron chi connectivity index (χ1n) is 13.3. The van der Waals surface area contributed by atoms with Crippen LogP contribution in [0.2, 0.25) is 0 Å². The largest absolute Gasteiger partial charge is 0.494 e. The van der Waals surface area contributed by atoms with Crippen molar-refractivity contribution < 1.29 is 23.1 Å². The fourth-order valence-corrected chi connectivity index (χ4v) is 5.24. The molecule has 0 aromatic carbocycles. The molecule has 3 aromatic rings. The molecule has 2 fully saturated rings. The van der Waals surface area contributed by atoms with Gasteiger partial charge < -0.3 is 4.74 Å². The Morgan fingerprint density at radius 3 is 2.59 bits per heavy atom. The van der Waals surface area contributed by atoms with Crippen LogP contribution in [0.4, 0.5) is 19.7 Å². The molecule has 1 atom stereocenters. The van der Waals surface area contributed by atoms with Crippen LogP contribution in [-0.4, -0.2) is 45.6 Å². The topological polar surface area (TPSA) is 110 Å². The van der Waals surface area contributed by atoms with Crippen molar-refractivity contribution in [3.63, 3.8) is 0 Å². The molecule has 214 valence electrons. The molecule has 5 rings (SSSR count). The summed E-state index contributed by atoms with van der Waals surface area (Å²) >= 11 is 1.13. The lowest BCUT2D eigenvalue weighted by molar-refractivity contribution is -0.121. The summed E-state index contributed by atoms with van der Waals surface area (Å²) in [6.07, 6.45) is 2.98. The molecule has 1 unspecified atom stereocenters. The second-order valence-corrected chi connectivity index (χ2v) is 12.2. The SMILES string of the molecule is COc1cnc(C(F)F)cc1-c1cc(N2CCC(C(C)(C)C)CC2=O)ncc1C(=O)Nc1nnc(C#CC2CC2)s1. The van der Waals surface area contributed by atoms with Crippen LogP contribution in [0.1, 0.15) is 73.9 Å². The smallest absolute Gasteiger partial charge is 0.280 e. The standard InChI is InChI=1S/C29H30F2N6O3S/c1-29(2,3)17-9-10-37(25(38)11-17)23-13-18(19-12-21(26(30)31)32-15-22(19)40-4)20(14-33-23)27(39)34-28-36-35-24(41-28)8-7-16-5-6-16/h12-17,26H,5-6,9-11H2,1-4H3,(H,34,36,39). The second kappa shape index (κ2) is 11.5. The van der Waals surface area contributed by atoms with Crippen molar-refractivity contribution in [2.24, 2.45) is 17.3 Å². The fourth-order valence-electron chi connectivity index (χ4n) is 4.64. The maximum absolute atomic E-state index is 13.6. The van der Waals surface area contributed by atoms with E-state index in [1.54, 1.807) is 11.0 Å². The number of amides is 2. The van der Waals surface area contributed by atoms with Crippen LogP contribution >= 0.6 is 11.3 Å². The molecule has 41 heavy (non-hydrogen) atoms. The molecule has 2 amide bonds. The minimum absolute atomic E-state index is 0.0214. The van der Waals surface area contributed by atoms with Gasteiger partial charge in [-0.25, -0.2) is 13.8 Å². The third-order valence-electron chi connectivity index (χ3n) is 7.29. The molecule has 9 nitrogen and oxygen atoms in total. The molecule has 0 bridgehead atoms. The first-order valence-corrected chi connectivity index (χ1v) is 14.1. The Hall–Kier alpha value is -3.98. The van der Waals surface area contributed by atoms with Crippen LogP contribution in [0.15, 0.2) is 24.5 Å². The van der Waals surface area contributed by atoms with E-state index >= 15 is 0 Å². The summed E-state index contributed by atoms with van der Waals surface area (Å²) < 4.78 is 32.7. The fraction of sp³-hybridized carbons (Fsp3) is 0.448. The van der Waals surface area contributed by atoms with Gasteiger partial charge in [-0.05, 0) is 48.6 Å². The number of hydrogen-bond donors (Lipinski definition) is 1. The summed E-state index contributed by atoms with van der Waals surface area (Å²) in [6.45, 7) is 6.79. The highest BCUT2D eigenvalue weighted by Gasteiger charge is 2.35. The number of carbonyl (C=O) groups excluding carboxylic acids is 2. The molecule has 4 heterocycles. The van der Waals surface area contributed by atoms with Crippen molar-refractivity contribution in [1.29, 1.82) is 0 Å². The quantitative estimate of drug-likeness (QED) is 0.370. The molecule has 0 spiro atoms. The zero-order valence-electron chi connectivity index (χ0n) is 23.2. The van der Waals surface area contributed by atoms with Gasteiger partial charge in [-0.3, -0.25) is 24.8 Å². The highest BCUT2D eigenvalue weighted by Crippen LogP contribution is 2.39. The van der Waals surface area contributed by atoms with Gasteiger partial charge in [-0.1, -0.05) is 38.0 Å². The van der Waals surface area contributed by atoms with Gasteiger partial charge >= 0.3 is 0 Å². The summed E-state index contributed by atoms with van der Waals surface area (Å²) in [5.74, 6) is 6.52. The number of piperidine rings is 1. The minimum atomic E-state index is -2.84. The zero-order valence-corrected chi connectivity index (χ0v) is 24.0. The number of methoxy groups -OCH3 is 1. The van der Waals surface area contributed by atoms with Crippen LogP contribution in [0.3, 0.4) is 0 Å². The predicted molar refractivity (Wildman–Crippen MR) is 151 cm³/mol. The lowest BCUT2D eigenvalue weighted by Crippen LogP contribution is -2.42. The van der Waals surface area contributed by atoms with E-state index in [2.05, 4.69) is 58.1 Å². The molecule has 1 saturated carbocycles. The highest BCUT2D eigenvalue weighted by molar-refractivity contribution is 7.15. The number of halogens is 2. The number of ether oxygens (including phenoxy) is 1. The Labute approximate surface area is 240 Å². The number of nitrogens with one attached hydrogen (secondary N) is 1. The maximum Gasteiger partial charge on any atom is 0.280 e. The van der Waals surface area contributed by atoms with Gasteiger partial charge in [0.15, 0.2) is 5.01 Å². The van der Waals surface area contributed by atoms with Gasteiger partial charge in [-0.15, -0.1) is 10.2 Å². The van der Waals surface area contributed by atoms with Crippen LogP contribution in [-0.2, 0) is 4.79 Å². The summed E-state index contributed by atoms with van der Waals surface area (Å²) in [6, 6.07) is 2.74. The van der Waals surface area contributed by atoms with Crippen LogP contribution in [0.25, 0.3) is 11.1 Å². The molecule has 3 aromatic heterocycles. The molecule has 1 N–H and O–H groups in total. The van der Waals surface area contributed by atoms with Crippen LogP contribution in [0.5, 0.6) is 5.75 Å². The number of alkyl halides is 2. The van der Waals surface area contributed by atoms with E-state index in [-0.39, 0.29) is 44.8 Å². The third kappa shape index (κ3) is 6.51. The average Bonchev–Trinajstić information content (AvgIpc) is 3.67. The average molecular weight is 581 g/mol. The van der Waals surface area contributed by atoms with E-state index < -0.39 is 18.0 Å². The molecule has 0 radical (unpaired) electrons. The van der Waals surface area contributed by atoms with Gasteiger partial charge in [0.1, 0.15) is 17.3 Å². The lowest BCUT2D eigenvalue weighted by atomic mass is 9.75. The van der Waals surface area contributed by atoms with Crippen LogP contribution < -0.4 is 15.0 Å². The molecular weight excluding hydrogens is 550 g/mol. The van der Waals surface area contributed by atoms with Crippen molar-refractivity contribution in [2.45, 2.75) is 52.9 Å². The van der Waals surface area contributed by atoms with E-state index in [0.717, 1.165) is 30.6 Å². The van der Waals surface area contributed by atoms with Crippen molar-refractivity contribution in [2.75, 3.05) is 23.9 Å². The number of rotatable bonds is 6. The van der Waals surface area contributed by atoms with E-state index in [0.29, 0.717) is 29.7 Å². The molecule has 1 aliphatic carbocycles. The number of aromatic nitrogens is 4. The highest BCUT2D eigenvalue weighted by atomic mass is 32.1. The lowest BCUT2D eigenvalue weighted by Gasteiger charge is -2.38. The van der Waals surface area contributed by atoms with E-state index in [4.69, 9.17) is 4.74 Å². The number of hydrogen-bond acceptors (Lipinski definition) is 8. The van der Waals surface area contributed by atoms with Crippen molar-refractivity contribution in [1.82, 2.24) is 20.2 Å². The molecular formula is C29H30F2N6O3S. The predicted octanol–water partition coefficient (Wildman–Crippen LogP) is 5.74. The monoisotopic (exact) mass is 580 g/mol. The first kappa shape index (κ1) is 28.5. The van der Waals surface area contributed by atoms with Crippen LogP contribution in [0, 0.1) is 29.1 Å². The van der Waals surface area contributed by atoms with Gasteiger partial charge in [0.2, 0.25) is 11.0 Å². The maximum atomic E-state index is 13.6. The first-order chi connectivity index (χ1) is 19.5. The molecule has 1 aliphatic heterocycles. The molecule has 12 heteroatoms. The van der Waals surface area contributed by atoms with E-state index in [9.17, 15) is 18.4 Å². The van der Waals surface area contributed by atoms with Gasteiger partial charge in [0.05, 0.1) is 18.9 Å². The van der Waals surface area contributed by atoms with Crippen molar-refractivity contribution in [3.8, 4) is 28.7 Å². The number of pyridine rings is 2. The third-order valence-corrected chi connectivity index (χ3v) is 8.04. The van der Waals surface area contributed by atoms with Gasteiger partial charge in [0.25, 0.3) is 12.3 Å². The Morgan fingerprint density at radius 1 is 1.15 bits per heavy atom. The number of anilines is 2. The van der Waals surface area contributed by atoms with Crippen molar-refractivity contribution in [3.05, 3.63) is 40.8 Å². The summed E-state index contributed by atoms with van der Waals surface area (Å²) in [5.41, 5.74) is 0.0632. The Morgan fingerprint density at radius 2 is 1.93 bits per heavy atom. The minimum Gasteiger partial charge on any atom is -0.494 e. The summed E-state index contributed by atoms with van der Waals surface area (Å²) in [4.78, 5) is 36.5. The van der Waals surface area contributed by atoms with Gasteiger partial charge in [-0.2, -0.15) is 0 Å². The Balaban J connectivity index is 1.51. The molecule has 2 aliphatic rings. The second-order valence-electron chi connectivity index (χ2n) is 11.2. The molecule has 1 saturated heterocycles. The van der Waals surface area contributed by atoms with E-state index in [1.165, 1.54) is 25.6 Å². The Kier molecular flexibility index (Phi) is 8.00. The Bertz CT molecular complexity index is 1540. The zero-order chi connectivity index (χ0) is 29.3. The number of carbonyl (C=O) groups is 2. The van der Waals surface area contributed by atoms with Gasteiger partial charge in [0, 0.05) is 36.2 Å². The normalized spacial score (nSPS) is 17.3.